The van der Waals surface area contributed by atoms with E-state index in [9.17, 15) is 9.59 Å². The van der Waals surface area contributed by atoms with Gasteiger partial charge in [0.05, 0.1) is 4.88 Å². The smallest absolute Gasteiger partial charge is 0.331 e. The second kappa shape index (κ2) is 6.68. The second-order valence-corrected chi connectivity index (χ2v) is 4.96. The molecule has 1 atom stereocenters. The Balaban J connectivity index is 2.03. The van der Waals surface area contributed by atoms with E-state index in [2.05, 4.69) is 0 Å². The third-order valence-corrected chi connectivity index (χ3v) is 3.42. The van der Waals surface area contributed by atoms with E-state index in [1.165, 1.54) is 17.4 Å². The number of ether oxygens (including phenoxy) is 1. The quantitative estimate of drug-likeness (QED) is 0.678. The van der Waals surface area contributed by atoms with Gasteiger partial charge in [-0.15, -0.1) is 11.3 Å². The molecular weight excluding hydrogens is 274 g/mol. The van der Waals surface area contributed by atoms with E-state index in [1.54, 1.807) is 23.6 Å². The van der Waals surface area contributed by atoms with Crippen LogP contribution in [0.5, 0.6) is 0 Å². The molecule has 0 aliphatic heterocycles. The summed E-state index contributed by atoms with van der Waals surface area (Å²) in [5.74, 6) is -1.29. The summed E-state index contributed by atoms with van der Waals surface area (Å²) in [6.45, 7) is 0. The number of amides is 1. The van der Waals surface area contributed by atoms with E-state index in [4.69, 9.17) is 10.5 Å². The van der Waals surface area contributed by atoms with Crippen molar-refractivity contribution in [3.8, 4) is 0 Å². The highest BCUT2D eigenvalue weighted by Crippen LogP contribution is 2.22. The molecule has 0 spiro atoms. The minimum absolute atomic E-state index is 0.606. The molecular formula is C15H13NO3S. The molecule has 1 amide bonds. The van der Waals surface area contributed by atoms with Crippen molar-refractivity contribution in [3.05, 3.63) is 64.4 Å². The third-order valence-electron chi connectivity index (χ3n) is 2.51. The summed E-state index contributed by atoms with van der Waals surface area (Å²) >= 11 is 1.31. The van der Waals surface area contributed by atoms with Crippen LogP contribution in [-0.2, 0) is 14.3 Å². The van der Waals surface area contributed by atoms with Gasteiger partial charge in [0.1, 0.15) is 0 Å². The van der Waals surface area contributed by atoms with Crippen LogP contribution in [0.15, 0.2) is 53.9 Å². The topological polar surface area (TPSA) is 69.4 Å². The molecule has 0 radical (unpaired) electrons. The number of carbonyl (C=O) groups excluding carboxylic acids is 2. The van der Waals surface area contributed by atoms with Crippen LogP contribution in [-0.4, -0.2) is 11.9 Å². The van der Waals surface area contributed by atoms with Gasteiger partial charge in [-0.25, -0.2) is 4.79 Å². The highest BCUT2D eigenvalue weighted by molar-refractivity contribution is 7.10. The fourth-order valence-corrected chi connectivity index (χ4v) is 2.34. The first kappa shape index (κ1) is 14.0. The fraction of sp³-hybridized carbons (Fsp3) is 0.0667. The SMILES string of the molecule is NC(=O)C(OC(=O)C=Cc1ccccc1)c1cccs1. The number of hydrogen-bond acceptors (Lipinski definition) is 4. The fourth-order valence-electron chi connectivity index (χ4n) is 1.58. The van der Waals surface area contributed by atoms with Crippen LogP contribution >= 0.6 is 11.3 Å². The number of primary amides is 1. The van der Waals surface area contributed by atoms with Crippen LogP contribution in [0.25, 0.3) is 6.08 Å². The molecule has 0 saturated carbocycles. The molecule has 1 aromatic heterocycles. The van der Waals surface area contributed by atoms with Crippen LogP contribution in [0.2, 0.25) is 0 Å². The number of thiophene rings is 1. The van der Waals surface area contributed by atoms with Crippen molar-refractivity contribution in [2.24, 2.45) is 5.73 Å². The van der Waals surface area contributed by atoms with Crippen LogP contribution in [0.1, 0.15) is 16.5 Å². The van der Waals surface area contributed by atoms with E-state index in [-0.39, 0.29) is 0 Å². The van der Waals surface area contributed by atoms with Crippen molar-refractivity contribution < 1.29 is 14.3 Å². The Bertz CT molecular complexity index is 605. The second-order valence-electron chi connectivity index (χ2n) is 3.98. The van der Waals surface area contributed by atoms with Gasteiger partial charge in [0.2, 0.25) is 6.10 Å². The minimum atomic E-state index is -1.04. The Hall–Kier alpha value is -2.40. The standard InChI is InChI=1S/C15H13NO3S/c16-15(18)14(12-7-4-10-20-12)19-13(17)9-8-11-5-2-1-3-6-11/h1-10,14H,(H2,16,18). The molecule has 102 valence electrons. The molecule has 2 rings (SSSR count). The van der Waals surface area contributed by atoms with Crippen LogP contribution in [0, 0.1) is 0 Å². The summed E-state index contributed by atoms with van der Waals surface area (Å²) < 4.78 is 5.09. The van der Waals surface area contributed by atoms with Gasteiger partial charge in [-0.3, -0.25) is 4.79 Å². The molecule has 0 aliphatic carbocycles. The minimum Gasteiger partial charge on any atom is -0.443 e. The molecule has 5 heteroatoms. The largest absolute Gasteiger partial charge is 0.443 e. The van der Waals surface area contributed by atoms with Crippen molar-refractivity contribution in [2.75, 3.05) is 0 Å². The van der Waals surface area contributed by atoms with E-state index in [0.717, 1.165) is 5.56 Å². The molecule has 1 heterocycles. The predicted octanol–water partition coefficient (Wildman–Crippen LogP) is 2.53. The molecule has 0 aliphatic rings. The number of carbonyl (C=O) groups is 2. The molecule has 2 aromatic rings. The molecule has 4 nitrogen and oxygen atoms in total. The van der Waals surface area contributed by atoms with Gasteiger partial charge in [-0.05, 0) is 23.1 Å². The first-order valence-electron chi connectivity index (χ1n) is 5.93. The maximum Gasteiger partial charge on any atom is 0.331 e. The average molecular weight is 287 g/mol. The zero-order valence-corrected chi connectivity index (χ0v) is 11.4. The van der Waals surface area contributed by atoms with Crippen molar-refractivity contribution >= 4 is 29.3 Å². The normalized spacial score (nSPS) is 12.2. The molecule has 0 fully saturated rings. The number of nitrogens with two attached hydrogens (primary N) is 1. The van der Waals surface area contributed by atoms with Crippen molar-refractivity contribution in [1.82, 2.24) is 0 Å². The van der Waals surface area contributed by atoms with Crippen LogP contribution < -0.4 is 5.73 Å². The summed E-state index contributed by atoms with van der Waals surface area (Å²) in [4.78, 5) is 23.7. The summed E-state index contributed by atoms with van der Waals surface area (Å²) in [6, 6.07) is 12.8. The van der Waals surface area contributed by atoms with Crippen LogP contribution in [0.4, 0.5) is 0 Å². The highest BCUT2D eigenvalue weighted by atomic mass is 32.1. The Morgan fingerprint density at radius 1 is 1.15 bits per heavy atom. The van der Waals surface area contributed by atoms with Gasteiger partial charge in [-0.1, -0.05) is 36.4 Å². The first-order valence-corrected chi connectivity index (χ1v) is 6.81. The molecule has 1 aromatic carbocycles. The van der Waals surface area contributed by atoms with Gasteiger partial charge in [0.15, 0.2) is 0 Å². The van der Waals surface area contributed by atoms with Gasteiger partial charge in [0, 0.05) is 6.08 Å². The molecule has 0 bridgehead atoms. The summed E-state index contributed by atoms with van der Waals surface area (Å²) in [5.41, 5.74) is 6.12. The van der Waals surface area contributed by atoms with E-state index in [1.807, 2.05) is 30.3 Å². The first-order chi connectivity index (χ1) is 9.66. The zero-order valence-electron chi connectivity index (χ0n) is 10.6. The molecule has 1 unspecified atom stereocenters. The van der Waals surface area contributed by atoms with Crippen LogP contribution in [0.3, 0.4) is 0 Å². The summed E-state index contributed by atoms with van der Waals surface area (Å²) in [6.07, 6.45) is 1.86. The lowest BCUT2D eigenvalue weighted by molar-refractivity contribution is -0.150. The predicted molar refractivity (Wildman–Crippen MR) is 77.8 cm³/mol. The van der Waals surface area contributed by atoms with Gasteiger partial charge < -0.3 is 10.5 Å². The third kappa shape index (κ3) is 3.80. The average Bonchev–Trinajstić information content (AvgIpc) is 2.97. The Morgan fingerprint density at radius 3 is 2.50 bits per heavy atom. The Morgan fingerprint density at radius 2 is 1.90 bits per heavy atom. The monoisotopic (exact) mass is 287 g/mol. The van der Waals surface area contributed by atoms with E-state index >= 15 is 0 Å². The lowest BCUT2D eigenvalue weighted by Gasteiger charge is -2.11. The number of esters is 1. The van der Waals surface area contributed by atoms with Gasteiger partial charge >= 0.3 is 5.97 Å². The van der Waals surface area contributed by atoms with E-state index < -0.39 is 18.0 Å². The molecule has 2 N–H and O–H groups in total. The van der Waals surface area contributed by atoms with Gasteiger partial charge in [0.25, 0.3) is 5.91 Å². The number of hydrogen-bond donors (Lipinski definition) is 1. The van der Waals surface area contributed by atoms with E-state index in [0.29, 0.717) is 4.88 Å². The van der Waals surface area contributed by atoms with Crippen molar-refractivity contribution in [2.45, 2.75) is 6.10 Å². The van der Waals surface area contributed by atoms with Crippen molar-refractivity contribution in [3.63, 3.8) is 0 Å². The molecule has 20 heavy (non-hydrogen) atoms. The lowest BCUT2D eigenvalue weighted by atomic mass is 10.2. The number of benzene rings is 1. The summed E-state index contributed by atoms with van der Waals surface area (Å²) in [5, 5.41) is 1.79. The maximum absolute atomic E-state index is 11.7. The Labute approximate surface area is 120 Å². The number of rotatable bonds is 5. The van der Waals surface area contributed by atoms with Gasteiger partial charge in [-0.2, -0.15) is 0 Å². The maximum atomic E-state index is 11.7. The lowest BCUT2D eigenvalue weighted by Crippen LogP contribution is -2.24. The Kier molecular flexibility index (Phi) is 4.68. The highest BCUT2D eigenvalue weighted by Gasteiger charge is 2.22. The summed E-state index contributed by atoms with van der Waals surface area (Å²) in [7, 11) is 0. The zero-order chi connectivity index (χ0) is 14.4. The molecule has 0 saturated heterocycles. The van der Waals surface area contributed by atoms with Crippen molar-refractivity contribution in [1.29, 1.82) is 0 Å².